The highest BCUT2D eigenvalue weighted by Crippen LogP contribution is 2.23. The summed E-state index contributed by atoms with van der Waals surface area (Å²) in [5.74, 6) is -1.39. The van der Waals surface area contributed by atoms with Crippen LogP contribution in [0.15, 0.2) is 24.3 Å². The molecule has 1 aromatic carbocycles. The van der Waals surface area contributed by atoms with Gasteiger partial charge in [-0.05, 0) is 37.0 Å². The lowest BCUT2D eigenvalue weighted by Gasteiger charge is -2.31. The summed E-state index contributed by atoms with van der Waals surface area (Å²) in [6.45, 7) is 0.233. The molecule has 1 aliphatic rings. The van der Waals surface area contributed by atoms with Crippen molar-refractivity contribution in [3.05, 3.63) is 35.4 Å². The lowest BCUT2D eigenvalue weighted by Crippen LogP contribution is -2.48. The smallest absolute Gasteiger partial charge is 0.322 e. The predicted octanol–water partition coefficient (Wildman–Crippen LogP) is 1.33. The first-order valence-corrected chi connectivity index (χ1v) is 8.26. The molecule has 112 valence electrons. The summed E-state index contributed by atoms with van der Waals surface area (Å²) in [7, 11) is -3.71. The fourth-order valence-corrected chi connectivity index (χ4v) is 4.27. The molecule has 0 amide bonds. The van der Waals surface area contributed by atoms with Gasteiger partial charge in [0.1, 0.15) is 6.04 Å². The third-order valence-electron chi connectivity index (χ3n) is 3.50. The molecule has 6 nitrogen and oxygen atoms in total. The Labute approximate surface area is 123 Å². The second kappa shape index (κ2) is 6.24. The van der Waals surface area contributed by atoms with Crippen LogP contribution in [0, 0.1) is 11.3 Å². The Kier molecular flexibility index (Phi) is 4.60. The van der Waals surface area contributed by atoms with Crippen LogP contribution in [0.5, 0.6) is 0 Å². The first-order chi connectivity index (χ1) is 9.94. The summed E-state index contributed by atoms with van der Waals surface area (Å²) in [6, 6.07) is 7.32. The molecular formula is C14H16N2O4S. The highest BCUT2D eigenvalue weighted by molar-refractivity contribution is 7.88. The van der Waals surface area contributed by atoms with E-state index in [0.29, 0.717) is 30.4 Å². The fraction of sp³-hybridized carbons (Fsp3) is 0.429. The maximum absolute atomic E-state index is 12.4. The van der Waals surface area contributed by atoms with Gasteiger partial charge in [-0.2, -0.15) is 9.57 Å². The van der Waals surface area contributed by atoms with Gasteiger partial charge < -0.3 is 5.11 Å². The largest absolute Gasteiger partial charge is 0.480 e. The van der Waals surface area contributed by atoms with E-state index in [0.717, 1.165) is 4.31 Å². The van der Waals surface area contributed by atoms with Crippen molar-refractivity contribution in [2.24, 2.45) is 0 Å². The zero-order valence-electron chi connectivity index (χ0n) is 11.4. The topological polar surface area (TPSA) is 98.5 Å². The van der Waals surface area contributed by atoms with E-state index < -0.39 is 22.0 Å². The minimum absolute atomic E-state index is 0.233. The lowest BCUT2D eigenvalue weighted by atomic mass is 10.1. The average Bonchev–Trinajstić information content (AvgIpc) is 2.47. The van der Waals surface area contributed by atoms with Crippen LogP contribution in [0.3, 0.4) is 0 Å². The van der Waals surface area contributed by atoms with Crippen LogP contribution in [-0.2, 0) is 20.6 Å². The van der Waals surface area contributed by atoms with Gasteiger partial charge >= 0.3 is 5.97 Å². The van der Waals surface area contributed by atoms with Crippen LogP contribution < -0.4 is 0 Å². The number of sulfonamides is 1. The molecule has 1 saturated heterocycles. The van der Waals surface area contributed by atoms with Gasteiger partial charge in [-0.3, -0.25) is 4.79 Å². The van der Waals surface area contributed by atoms with Crippen LogP contribution in [-0.4, -0.2) is 36.4 Å². The Hall–Kier alpha value is -1.91. The van der Waals surface area contributed by atoms with Crippen LogP contribution in [0.4, 0.5) is 0 Å². The number of benzene rings is 1. The summed E-state index contributed by atoms with van der Waals surface area (Å²) in [5, 5.41) is 18.0. The van der Waals surface area contributed by atoms with E-state index in [9.17, 15) is 18.3 Å². The summed E-state index contributed by atoms with van der Waals surface area (Å²) in [4.78, 5) is 11.2. The second-order valence-electron chi connectivity index (χ2n) is 5.03. The van der Waals surface area contributed by atoms with E-state index in [2.05, 4.69) is 0 Å². The molecule has 0 saturated carbocycles. The Morgan fingerprint density at radius 3 is 2.86 bits per heavy atom. The van der Waals surface area contributed by atoms with E-state index in [1.165, 1.54) is 6.07 Å². The highest BCUT2D eigenvalue weighted by atomic mass is 32.2. The number of piperidine rings is 1. The maximum atomic E-state index is 12.4. The monoisotopic (exact) mass is 308 g/mol. The third-order valence-corrected chi connectivity index (χ3v) is 5.35. The highest BCUT2D eigenvalue weighted by Gasteiger charge is 2.36. The van der Waals surface area contributed by atoms with Gasteiger partial charge in [0, 0.05) is 6.54 Å². The number of carboxylic acids is 1. The van der Waals surface area contributed by atoms with Gasteiger partial charge in [0.15, 0.2) is 0 Å². The molecule has 1 atom stereocenters. The summed E-state index contributed by atoms with van der Waals surface area (Å²) < 4.78 is 26.0. The summed E-state index contributed by atoms with van der Waals surface area (Å²) >= 11 is 0. The number of carbonyl (C=O) groups is 1. The molecule has 1 fully saturated rings. The molecule has 0 aliphatic carbocycles. The molecule has 1 heterocycles. The average molecular weight is 308 g/mol. The zero-order chi connectivity index (χ0) is 15.5. The third kappa shape index (κ3) is 3.60. The molecular weight excluding hydrogens is 292 g/mol. The number of hydrogen-bond donors (Lipinski definition) is 1. The number of aliphatic carboxylic acids is 1. The van der Waals surface area contributed by atoms with Gasteiger partial charge in [0.2, 0.25) is 10.0 Å². The van der Waals surface area contributed by atoms with E-state index in [1.807, 2.05) is 6.07 Å². The molecule has 1 N–H and O–H groups in total. The van der Waals surface area contributed by atoms with Crippen molar-refractivity contribution in [1.29, 1.82) is 5.26 Å². The van der Waals surface area contributed by atoms with Gasteiger partial charge in [0.05, 0.1) is 17.4 Å². The van der Waals surface area contributed by atoms with Crippen molar-refractivity contribution < 1.29 is 18.3 Å². The van der Waals surface area contributed by atoms with Crippen LogP contribution in [0.2, 0.25) is 0 Å². The van der Waals surface area contributed by atoms with Crippen molar-refractivity contribution in [3.8, 4) is 6.07 Å². The zero-order valence-corrected chi connectivity index (χ0v) is 12.2. The van der Waals surface area contributed by atoms with Crippen molar-refractivity contribution >= 4 is 16.0 Å². The van der Waals surface area contributed by atoms with Crippen molar-refractivity contribution in [2.75, 3.05) is 6.54 Å². The minimum Gasteiger partial charge on any atom is -0.480 e. The summed E-state index contributed by atoms with van der Waals surface area (Å²) in [6.07, 6.45) is 1.72. The number of nitrogens with zero attached hydrogens (tertiary/aromatic N) is 2. The first-order valence-electron chi connectivity index (χ1n) is 6.65. The first kappa shape index (κ1) is 15.5. The van der Waals surface area contributed by atoms with Gasteiger partial charge in [-0.25, -0.2) is 8.42 Å². The SMILES string of the molecule is N#Cc1cccc(CS(=O)(=O)N2CCCCC2C(=O)O)c1. The number of nitriles is 1. The molecule has 0 radical (unpaired) electrons. The number of carboxylic acid groups (broad SMARTS) is 1. The summed E-state index contributed by atoms with van der Waals surface area (Å²) in [5.41, 5.74) is 0.875. The Balaban J connectivity index is 2.24. The normalized spacial score (nSPS) is 19.9. The lowest BCUT2D eigenvalue weighted by molar-refractivity contribution is -0.142. The Bertz CT molecular complexity index is 678. The molecule has 1 unspecified atom stereocenters. The molecule has 1 aromatic rings. The fourth-order valence-electron chi connectivity index (χ4n) is 2.51. The van der Waals surface area contributed by atoms with E-state index >= 15 is 0 Å². The van der Waals surface area contributed by atoms with Crippen molar-refractivity contribution in [3.63, 3.8) is 0 Å². The van der Waals surface area contributed by atoms with E-state index in [-0.39, 0.29) is 12.3 Å². The predicted molar refractivity (Wildman–Crippen MR) is 75.8 cm³/mol. The molecule has 21 heavy (non-hydrogen) atoms. The molecule has 0 bridgehead atoms. The van der Waals surface area contributed by atoms with Crippen molar-refractivity contribution in [1.82, 2.24) is 4.31 Å². The second-order valence-corrected chi connectivity index (χ2v) is 6.95. The minimum atomic E-state index is -3.71. The van der Waals surface area contributed by atoms with Gasteiger partial charge in [0.25, 0.3) is 0 Å². The van der Waals surface area contributed by atoms with Crippen LogP contribution in [0.25, 0.3) is 0 Å². The Morgan fingerprint density at radius 1 is 1.43 bits per heavy atom. The number of rotatable bonds is 4. The number of hydrogen-bond acceptors (Lipinski definition) is 4. The van der Waals surface area contributed by atoms with E-state index in [1.54, 1.807) is 18.2 Å². The quantitative estimate of drug-likeness (QED) is 0.904. The standard InChI is InChI=1S/C14H16N2O4S/c15-9-11-4-3-5-12(8-11)10-21(19,20)16-7-2-1-6-13(16)14(17)18/h3-5,8,13H,1-2,6-7,10H2,(H,17,18). The van der Waals surface area contributed by atoms with E-state index in [4.69, 9.17) is 5.26 Å². The van der Waals surface area contributed by atoms with Crippen molar-refractivity contribution in [2.45, 2.75) is 31.1 Å². The van der Waals surface area contributed by atoms with Crippen LogP contribution in [0.1, 0.15) is 30.4 Å². The molecule has 2 rings (SSSR count). The molecule has 1 aliphatic heterocycles. The molecule has 7 heteroatoms. The maximum Gasteiger partial charge on any atom is 0.322 e. The molecule has 0 spiro atoms. The Morgan fingerprint density at radius 2 is 2.19 bits per heavy atom. The van der Waals surface area contributed by atoms with Gasteiger partial charge in [-0.15, -0.1) is 0 Å². The molecule has 0 aromatic heterocycles. The van der Waals surface area contributed by atoms with Gasteiger partial charge in [-0.1, -0.05) is 12.1 Å². The van der Waals surface area contributed by atoms with Crippen LogP contribution >= 0.6 is 0 Å².